The summed E-state index contributed by atoms with van der Waals surface area (Å²) < 4.78 is 4.84. The number of halogens is 1. The Kier molecular flexibility index (Phi) is 4.56. The van der Waals surface area contributed by atoms with E-state index in [2.05, 4.69) is 0 Å². The Hall–Kier alpha value is -1.28. The van der Waals surface area contributed by atoms with Crippen LogP contribution in [0.4, 0.5) is 0 Å². The SMILES string of the molecule is CCOC(=O)/C=C(\C)c1ccc(C)cc1Cl. The van der Waals surface area contributed by atoms with E-state index in [0.29, 0.717) is 11.6 Å². The molecule has 0 fully saturated rings. The number of esters is 1. The number of aryl methyl sites for hydroxylation is 1. The highest BCUT2D eigenvalue weighted by atomic mass is 35.5. The van der Waals surface area contributed by atoms with Crippen LogP contribution in [0.3, 0.4) is 0 Å². The Balaban J connectivity index is 2.96. The van der Waals surface area contributed by atoms with E-state index in [-0.39, 0.29) is 5.97 Å². The first kappa shape index (κ1) is 12.8. The van der Waals surface area contributed by atoms with Crippen LogP contribution >= 0.6 is 11.6 Å². The van der Waals surface area contributed by atoms with Crippen LogP contribution in [-0.2, 0) is 9.53 Å². The summed E-state index contributed by atoms with van der Waals surface area (Å²) in [6, 6.07) is 5.74. The maximum Gasteiger partial charge on any atom is 0.331 e. The van der Waals surface area contributed by atoms with E-state index in [1.807, 2.05) is 32.0 Å². The first-order valence-corrected chi connectivity index (χ1v) is 5.54. The highest BCUT2D eigenvalue weighted by molar-refractivity contribution is 6.32. The summed E-state index contributed by atoms with van der Waals surface area (Å²) >= 11 is 6.09. The zero-order chi connectivity index (χ0) is 12.1. The molecule has 0 unspecified atom stereocenters. The second-order valence-electron chi connectivity index (χ2n) is 3.56. The molecule has 0 aliphatic rings. The molecule has 0 heterocycles. The lowest BCUT2D eigenvalue weighted by atomic mass is 10.1. The average molecular weight is 239 g/mol. The van der Waals surface area contributed by atoms with Crippen molar-refractivity contribution in [3.63, 3.8) is 0 Å². The topological polar surface area (TPSA) is 26.3 Å². The van der Waals surface area contributed by atoms with Gasteiger partial charge in [-0.25, -0.2) is 4.79 Å². The van der Waals surface area contributed by atoms with Crippen LogP contribution in [0.1, 0.15) is 25.0 Å². The van der Waals surface area contributed by atoms with Crippen molar-refractivity contribution in [3.05, 3.63) is 40.4 Å². The molecule has 86 valence electrons. The third-order valence-corrected chi connectivity index (χ3v) is 2.48. The minimum absolute atomic E-state index is 0.336. The van der Waals surface area contributed by atoms with Crippen molar-refractivity contribution in [2.75, 3.05) is 6.61 Å². The number of ether oxygens (including phenoxy) is 1. The van der Waals surface area contributed by atoms with Gasteiger partial charge in [-0.15, -0.1) is 0 Å². The molecule has 0 spiro atoms. The van der Waals surface area contributed by atoms with Gasteiger partial charge in [0.1, 0.15) is 0 Å². The fraction of sp³-hybridized carbons (Fsp3) is 0.308. The molecule has 1 aromatic carbocycles. The van der Waals surface area contributed by atoms with Gasteiger partial charge in [-0.3, -0.25) is 0 Å². The van der Waals surface area contributed by atoms with Crippen molar-refractivity contribution >= 4 is 23.1 Å². The van der Waals surface area contributed by atoms with Crippen LogP contribution in [0.2, 0.25) is 5.02 Å². The molecule has 0 N–H and O–H groups in total. The largest absolute Gasteiger partial charge is 0.463 e. The molecule has 0 saturated carbocycles. The molecule has 1 rings (SSSR count). The molecule has 0 aliphatic heterocycles. The number of carbonyl (C=O) groups excluding carboxylic acids is 1. The highest BCUT2D eigenvalue weighted by Crippen LogP contribution is 2.24. The Morgan fingerprint density at radius 3 is 2.75 bits per heavy atom. The van der Waals surface area contributed by atoms with Crippen LogP contribution < -0.4 is 0 Å². The zero-order valence-corrected chi connectivity index (χ0v) is 10.5. The third-order valence-electron chi connectivity index (χ3n) is 2.17. The van der Waals surface area contributed by atoms with Gasteiger partial charge in [0.25, 0.3) is 0 Å². The average Bonchev–Trinajstić information content (AvgIpc) is 2.17. The molecule has 1 aromatic rings. The lowest BCUT2D eigenvalue weighted by Gasteiger charge is -2.05. The predicted molar refractivity (Wildman–Crippen MR) is 66.5 cm³/mol. The molecule has 0 amide bonds. The van der Waals surface area contributed by atoms with Gasteiger partial charge >= 0.3 is 5.97 Å². The van der Waals surface area contributed by atoms with Crippen molar-refractivity contribution < 1.29 is 9.53 Å². The first-order valence-electron chi connectivity index (χ1n) is 5.16. The third kappa shape index (κ3) is 3.38. The Bertz CT molecular complexity index is 422. The van der Waals surface area contributed by atoms with Crippen LogP contribution in [-0.4, -0.2) is 12.6 Å². The number of allylic oxidation sites excluding steroid dienone is 1. The first-order chi connectivity index (χ1) is 7.54. The molecule has 0 bridgehead atoms. The van der Waals surface area contributed by atoms with Gasteiger partial charge in [-0.1, -0.05) is 23.7 Å². The van der Waals surface area contributed by atoms with Crippen molar-refractivity contribution in [2.45, 2.75) is 20.8 Å². The highest BCUT2D eigenvalue weighted by Gasteiger charge is 2.05. The van der Waals surface area contributed by atoms with Crippen LogP contribution in [0.15, 0.2) is 24.3 Å². The van der Waals surface area contributed by atoms with Crippen molar-refractivity contribution in [2.24, 2.45) is 0 Å². The quantitative estimate of drug-likeness (QED) is 0.594. The summed E-state index contributed by atoms with van der Waals surface area (Å²) in [5, 5.41) is 0.651. The van der Waals surface area contributed by atoms with E-state index in [1.54, 1.807) is 6.92 Å². The van der Waals surface area contributed by atoms with Crippen molar-refractivity contribution in [1.82, 2.24) is 0 Å². The molecular weight excluding hydrogens is 224 g/mol. The van der Waals surface area contributed by atoms with E-state index in [1.165, 1.54) is 6.08 Å². The number of hydrogen-bond acceptors (Lipinski definition) is 2. The number of rotatable bonds is 3. The molecule has 0 atom stereocenters. The van der Waals surface area contributed by atoms with E-state index in [9.17, 15) is 4.79 Å². The second-order valence-corrected chi connectivity index (χ2v) is 3.97. The van der Waals surface area contributed by atoms with E-state index in [0.717, 1.165) is 16.7 Å². The summed E-state index contributed by atoms with van der Waals surface area (Å²) in [5.74, 6) is -0.336. The van der Waals surface area contributed by atoms with Gasteiger partial charge in [0, 0.05) is 11.1 Å². The summed E-state index contributed by atoms with van der Waals surface area (Å²) in [4.78, 5) is 11.3. The maximum absolute atomic E-state index is 11.3. The molecule has 0 aromatic heterocycles. The van der Waals surface area contributed by atoms with Gasteiger partial charge < -0.3 is 4.74 Å². The number of hydrogen-bond donors (Lipinski definition) is 0. The van der Waals surface area contributed by atoms with Gasteiger partial charge in [0.05, 0.1) is 6.61 Å². The van der Waals surface area contributed by atoms with Crippen LogP contribution in [0.5, 0.6) is 0 Å². The van der Waals surface area contributed by atoms with Crippen molar-refractivity contribution in [1.29, 1.82) is 0 Å². The summed E-state index contributed by atoms with van der Waals surface area (Å²) in [5.41, 5.74) is 2.77. The second kappa shape index (κ2) is 5.71. The molecule has 0 radical (unpaired) electrons. The van der Waals surface area contributed by atoms with Gasteiger partial charge in [0.15, 0.2) is 0 Å². The zero-order valence-electron chi connectivity index (χ0n) is 9.71. The Morgan fingerprint density at radius 1 is 1.50 bits per heavy atom. The molecular formula is C13H15ClO2. The predicted octanol–water partition coefficient (Wildman–Crippen LogP) is 3.61. The standard InChI is InChI=1S/C13H15ClO2/c1-4-16-13(15)8-10(3)11-6-5-9(2)7-12(11)14/h5-8H,4H2,1-3H3/b10-8+. The van der Waals surface area contributed by atoms with E-state index < -0.39 is 0 Å². The summed E-state index contributed by atoms with van der Waals surface area (Å²) in [7, 11) is 0. The molecule has 0 saturated heterocycles. The number of carbonyl (C=O) groups is 1. The molecule has 2 nitrogen and oxygen atoms in total. The summed E-state index contributed by atoms with van der Waals surface area (Å²) in [6.07, 6.45) is 1.46. The minimum atomic E-state index is -0.336. The number of benzene rings is 1. The Morgan fingerprint density at radius 2 is 2.19 bits per heavy atom. The normalized spacial score (nSPS) is 11.4. The fourth-order valence-corrected chi connectivity index (χ4v) is 1.76. The fourth-order valence-electron chi connectivity index (χ4n) is 1.38. The Labute approximate surface area is 101 Å². The lowest BCUT2D eigenvalue weighted by molar-refractivity contribution is -0.137. The lowest BCUT2D eigenvalue weighted by Crippen LogP contribution is -2.00. The van der Waals surface area contributed by atoms with Gasteiger partial charge in [-0.2, -0.15) is 0 Å². The molecule has 16 heavy (non-hydrogen) atoms. The van der Waals surface area contributed by atoms with Crippen molar-refractivity contribution in [3.8, 4) is 0 Å². The minimum Gasteiger partial charge on any atom is -0.463 e. The van der Waals surface area contributed by atoms with Gasteiger partial charge in [-0.05, 0) is 43.5 Å². The van der Waals surface area contributed by atoms with Crippen LogP contribution in [0.25, 0.3) is 5.57 Å². The van der Waals surface area contributed by atoms with Gasteiger partial charge in [0.2, 0.25) is 0 Å². The monoisotopic (exact) mass is 238 g/mol. The smallest absolute Gasteiger partial charge is 0.331 e. The van der Waals surface area contributed by atoms with E-state index in [4.69, 9.17) is 16.3 Å². The van der Waals surface area contributed by atoms with E-state index >= 15 is 0 Å². The summed E-state index contributed by atoms with van der Waals surface area (Å²) in [6.45, 7) is 5.97. The maximum atomic E-state index is 11.3. The molecule has 0 aliphatic carbocycles. The molecule has 3 heteroatoms. The van der Waals surface area contributed by atoms with Crippen LogP contribution in [0, 0.1) is 6.92 Å².